The second-order valence-corrected chi connectivity index (χ2v) is 3.80. The van der Waals surface area contributed by atoms with Gasteiger partial charge in [-0.1, -0.05) is 0 Å². The summed E-state index contributed by atoms with van der Waals surface area (Å²) in [6, 6.07) is 5.50. The fourth-order valence-electron chi connectivity index (χ4n) is 1.59. The minimum Gasteiger partial charge on any atom is -0.497 e. The van der Waals surface area contributed by atoms with Gasteiger partial charge in [0, 0.05) is 6.07 Å². The molecule has 0 aliphatic heterocycles. The number of rotatable bonds is 3. The van der Waals surface area contributed by atoms with Crippen LogP contribution < -0.4 is 15.2 Å². The van der Waals surface area contributed by atoms with E-state index in [4.69, 9.17) is 15.2 Å². The molecule has 0 saturated heterocycles. The number of anilines is 1. The lowest BCUT2D eigenvalue weighted by Crippen LogP contribution is -1.99. The van der Waals surface area contributed by atoms with Crippen LogP contribution >= 0.6 is 0 Å². The number of nitrogen functional groups attached to an aromatic ring is 1. The number of hydrogen-bond acceptors (Lipinski definition) is 5. The van der Waals surface area contributed by atoms with E-state index in [2.05, 4.69) is 9.97 Å². The van der Waals surface area contributed by atoms with E-state index in [9.17, 15) is 0 Å². The quantitative estimate of drug-likeness (QED) is 0.896. The SMILES string of the molecule is COc1ccc(-c2ncc(N)c(C)n2)c(OC)c1. The zero-order chi connectivity index (χ0) is 13.1. The van der Waals surface area contributed by atoms with Crippen molar-refractivity contribution in [1.29, 1.82) is 0 Å². The minimum absolute atomic E-state index is 0.575. The lowest BCUT2D eigenvalue weighted by molar-refractivity contribution is 0.395. The first-order valence-electron chi connectivity index (χ1n) is 5.47. The molecule has 0 fully saturated rings. The van der Waals surface area contributed by atoms with Crippen molar-refractivity contribution < 1.29 is 9.47 Å². The van der Waals surface area contributed by atoms with Crippen LogP contribution in [-0.4, -0.2) is 24.2 Å². The number of aryl methyl sites for hydroxylation is 1. The highest BCUT2D eigenvalue weighted by molar-refractivity contribution is 5.66. The van der Waals surface area contributed by atoms with Crippen LogP contribution in [0, 0.1) is 6.92 Å². The monoisotopic (exact) mass is 245 g/mol. The molecule has 5 heteroatoms. The fourth-order valence-corrected chi connectivity index (χ4v) is 1.59. The predicted octanol–water partition coefficient (Wildman–Crippen LogP) is 2.05. The van der Waals surface area contributed by atoms with Crippen molar-refractivity contribution in [2.24, 2.45) is 0 Å². The predicted molar refractivity (Wildman–Crippen MR) is 69.7 cm³/mol. The summed E-state index contributed by atoms with van der Waals surface area (Å²) in [6.07, 6.45) is 1.60. The van der Waals surface area contributed by atoms with Crippen LogP contribution in [0.25, 0.3) is 11.4 Å². The van der Waals surface area contributed by atoms with Crippen molar-refractivity contribution in [1.82, 2.24) is 9.97 Å². The van der Waals surface area contributed by atoms with E-state index < -0.39 is 0 Å². The molecule has 2 rings (SSSR count). The zero-order valence-electron chi connectivity index (χ0n) is 10.6. The molecule has 0 atom stereocenters. The Kier molecular flexibility index (Phi) is 3.32. The van der Waals surface area contributed by atoms with Crippen LogP contribution in [0.3, 0.4) is 0 Å². The number of benzene rings is 1. The van der Waals surface area contributed by atoms with Gasteiger partial charge in [-0.2, -0.15) is 0 Å². The van der Waals surface area contributed by atoms with Crippen LogP contribution in [0.1, 0.15) is 5.69 Å². The van der Waals surface area contributed by atoms with E-state index >= 15 is 0 Å². The second kappa shape index (κ2) is 4.91. The molecule has 94 valence electrons. The maximum atomic E-state index is 5.71. The molecule has 2 aromatic rings. The maximum Gasteiger partial charge on any atom is 0.163 e. The molecule has 18 heavy (non-hydrogen) atoms. The van der Waals surface area contributed by atoms with E-state index in [1.54, 1.807) is 26.5 Å². The standard InChI is InChI=1S/C13H15N3O2/c1-8-11(14)7-15-13(16-8)10-5-4-9(17-2)6-12(10)18-3/h4-7H,14H2,1-3H3. The second-order valence-electron chi connectivity index (χ2n) is 3.80. The van der Waals surface area contributed by atoms with Gasteiger partial charge in [0.25, 0.3) is 0 Å². The Labute approximate surface area is 106 Å². The minimum atomic E-state index is 0.575. The third-order valence-corrected chi connectivity index (χ3v) is 2.67. The van der Waals surface area contributed by atoms with Gasteiger partial charge in [0.1, 0.15) is 11.5 Å². The van der Waals surface area contributed by atoms with Crippen LogP contribution in [0.2, 0.25) is 0 Å². The van der Waals surface area contributed by atoms with Crippen molar-refractivity contribution in [3.8, 4) is 22.9 Å². The summed E-state index contributed by atoms with van der Waals surface area (Å²) in [5.74, 6) is 1.97. The van der Waals surface area contributed by atoms with Gasteiger partial charge in [-0.3, -0.25) is 0 Å². The Balaban J connectivity index is 2.52. The first-order chi connectivity index (χ1) is 8.65. The number of nitrogens with two attached hydrogens (primary N) is 1. The molecule has 1 heterocycles. The molecular weight excluding hydrogens is 230 g/mol. The van der Waals surface area contributed by atoms with Gasteiger partial charge in [-0.15, -0.1) is 0 Å². The highest BCUT2D eigenvalue weighted by atomic mass is 16.5. The molecule has 0 unspecified atom stereocenters. The number of aromatic nitrogens is 2. The third kappa shape index (κ3) is 2.20. The molecule has 2 N–H and O–H groups in total. The molecule has 0 radical (unpaired) electrons. The highest BCUT2D eigenvalue weighted by Crippen LogP contribution is 2.31. The molecule has 0 spiro atoms. The summed E-state index contributed by atoms with van der Waals surface area (Å²) < 4.78 is 10.5. The topological polar surface area (TPSA) is 70.3 Å². The number of ether oxygens (including phenoxy) is 2. The molecule has 0 aliphatic carbocycles. The maximum absolute atomic E-state index is 5.71. The van der Waals surface area contributed by atoms with E-state index in [0.717, 1.165) is 17.0 Å². The average Bonchev–Trinajstić information content (AvgIpc) is 2.41. The van der Waals surface area contributed by atoms with Gasteiger partial charge in [0.15, 0.2) is 5.82 Å². The van der Waals surface area contributed by atoms with Crippen molar-refractivity contribution in [3.05, 3.63) is 30.1 Å². The van der Waals surface area contributed by atoms with Crippen LogP contribution in [0.15, 0.2) is 24.4 Å². The van der Waals surface area contributed by atoms with Crippen LogP contribution in [0.5, 0.6) is 11.5 Å². The van der Waals surface area contributed by atoms with Gasteiger partial charge >= 0.3 is 0 Å². The normalized spacial score (nSPS) is 10.2. The smallest absolute Gasteiger partial charge is 0.163 e. The van der Waals surface area contributed by atoms with Crippen LogP contribution in [0.4, 0.5) is 5.69 Å². The van der Waals surface area contributed by atoms with Gasteiger partial charge < -0.3 is 15.2 Å². The van der Waals surface area contributed by atoms with E-state index in [0.29, 0.717) is 17.3 Å². The van der Waals surface area contributed by atoms with E-state index in [1.807, 2.05) is 19.1 Å². The van der Waals surface area contributed by atoms with E-state index in [1.165, 1.54) is 0 Å². The fraction of sp³-hybridized carbons (Fsp3) is 0.231. The summed E-state index contributed by atoms with van der Waals surface area (Å²) in [7, 11) is 3.21. The van der Waals surface area contributed by atoms with Crippen molar-refractivity contribution in [2.75, 3.05) is 20.0 Å². The number of nitrogens with zero attached hydrogens (tertiary/aromatic N) is 2. The lowest BCUT2D eigenvalue weighted by atomic mass is 10.1. The summed E-state index contributed by atoms with van der Waals surface area (Å²) in [6.45, 7) is 1.84. The third-order valence-electron chi connectivity index (χ3n) is 2.67. The first-order valence-corrected chi connectivity index (χ1v) is 5.47. The Hall–Kier alpha value is -2.30. The molecule has 0 bridgehead atoms. The van der Waals surface area contributed by atoms with E-state index in [-0.39, 0.29) is 0 Å². The zero-order valence-corrected chi connectivity index (χ0v) is 10.6. The molecule has 1 aromatic heterocycles. The molecule has 0 aliphatic rings. The summed E-state index contributed by atoms with van der Waals surface area (Å²) in [4.78, 5) is 8.57. The van der Waals surface area contributed by atoms with Crippen molar-refractivity contribution in [3.63, 3.8) is 0 Å². The van der Waals surface area contributed by atoms with Crippen molar-refractivity contribution in [2.45, 2.75) is 6.92 Å². The Morgan fingerprint density at radius 1 is 1.17 bits per heavy atom. The summed E-state index contributed by atoms with van der Waals surface area (Å²) >= 11 is 0. The Bertz CT molecular complexity index is 570. The molecule has 0 amide bonds. The molecule has 0 saturated carbocycles. The molecule has 5 nitrogen and oxygen atoms in total. The van der Waals surface area contributed by atoms with Crippen LogP contribution in [-0.2, 0) is 0 Å². The Morgan fingerprint density at radius 2 is 1.94 bits per heavy atom. The molecule has 1 aromatic carbocycles. The summed E-state index contributed by atoms with van der Waals surface area (Å²) in [5.41, 5.74) is 7.84. The largest absolute Gasteiger partial charge is 0.497 e. The molecular formula is C13H15N3O2. The van der Waals surface area contributed by atoms with Gasteiger partial charge in [0.05, 0.1) is 37.4 Å². The van der Waals surface area contributed by atoms with Gasteiger partial charge in [-0.25, -0.2) is 9.97 Å². The highest BCUT2D eigenvalue weighted by Gasteiger charge is 2.11. The van der Waals surface area contributed by atoms with Gasteiger partial charge in [0.2, 0.25) is 0 Å². The average molecular weight is 245 g/mol. The van der Waals surface area contributed by atoms with Crippen molar-refractivity contribution >= 4 is 5.69 Å². The Morgan fingerprint density at radius 3 is 2.56 bits per heavy atom. The lowest BCUT2D eigenvalue weighted by Gasteiger charge is -2.10. The number of hydrogen-bond donors (Lipinski definition) is 1. The number of methoxy groups -OCH3 is 2. The summed E-state index contributed by atoms with van der Waals surface area (Å²) in [5, 5.41) is 0. The van der Waals surface area contributed by atoms with Gasteiger partial charge in [-0.05, 0) is 19.1 Å². The first kappa shape index (κ1) is 12.2.